The fraction of sp³-hybridized carbons (Fsp3) is 0.0588. The van der Waals surface area contributed by atoms with E-state index in [2.05, 4.69) is 10.4 Å². The molecule has 0 saturated heterocycles. The first-order chi connectivity index (χ1) is 12.0. The summed E-state index contributed by atoms with van der Waals surface area (Å²) in [6.45, 7) is 0.438. The van der Waals surface area contributed by atoms with Gasteiger partial charge in [0.25, 0.3) is 11.6 Å². The number of nitrogens with one attached hydrogen (secondary N) is 1. The van der Waals surface area contributed by atoms with Gasteiger partial charge in [-0.3, -0.25) is 19.6 Å². The van der Waals surface area contributed by atoms with Crippen molar-refractivity contribution in [2.24, 2.45) is 0 Å². The lowest BCUT2D eigenvalue weighted by molar-refractivity contribution is -0.384. The lowest BCUT2D eigenvalue weighted by atomic mass is 10.2. The lowest BCUT2D eigenvalue weighted by Crippen LogP contribution is -2.11. The van der Waals surface area contributed by atoms with Crippen LogP contribution in [0.3, 0.4) is 0 Å². The molecule has 0 aliphatic rings. The van der Waals surface area contributed by atoms with Crippen molar-refractivity contribution in [3.63, 3.8) is 0 Å². The van der Waals surface area contributed by atoms with E-state index in [1.54, 1.807) is 23.0 Å². The molecule has 7 nitrogen and oxygen atoms in total. The lowest BCUT2D eigenvalue weighted by Gasteiger charge is -2.03. The second-order valence-corrected chi connectivity index (χ2v) is 5.31. The van der Waals surface area contributed by atoms with Crippen LogP contribution in [-0.4, -0.2) is 20.6 Å². The molecule has 1 amide bonds. The molecule has 2 aromatic carbocycles. The molecule has 8 heteroatoms. The third-order valence-electron chi connectivity index (χ3n) is 3.49. The Hall–Kier alpha value is -3.55. The van der Waals surface area contributed by atoms with Crippen molar-refractivity contribution in [2.45, 2.75) is 6.54 Å². The molecule has 3 rings (SSSR count). The normalized spacial score (nSPS) is 10.4. The zero-order valence-corrected chi connectivity index (χ0v) is 12.9. The summed E-state index contributed by atoms with van der Waals surface area (Å²) in [5, 5.41) is 17.4. The van der Waals surface area contributed by atoms with Gasteiger partial charge in [0, 0.05) is 23.9 Å². The van der Waals surface area contributed by atoms with Gasteiger partial charge in [-0.15, -0.1) is 0 Å². The standard InChI is InChI=1S/C17H13FN4O3/c18-14-5-1-12(2-6-14)10-21-11-15(9-19-21)20-17(23)13-3-7-16(8-4-13)22(24)25/h1-9,11H,10H2,(H,20,23). The van der Waals surface area contributed by atoms with E-state index in [0.29, 0.717) is 17.8 Å². The van der Waals surface area contributed by atoms with E-state index < -0.39 is 10.8 Å². The Morgan fingerprint density at radius 2 is 1.84 bits per heavy atom. The Balaban J connectivity index is 1.65. The van der Waals surface area contributed by atoms with Gasteiger partial charge in [0.15, 0.2) is 0 Å². The van der Waals surface area contributed by atoms with Crippen molar-refractivity contribution < 1.29 is 14.1 Å². The van der Waals surface area contributed by atoms with Crippen LogP contribution in [0.1, 0.15) is 15.9 Å². The van der Waals surface area contributed by atoms with Gasteiger partial charge in [-0.2, -0.15) is 5.10 Å². The molecule has 126 valence electrons. The van der Waals surface area contributed by atoms with E-state index in [9.17, 15) is 19.3 Å². The van der Waals surface area contributed by atoms with Crippen molar-refractivity contribution >= 4 is 17.3 Å². The maximum Gasteiger partial charge on any atom is 0.269 e. The molecule has 0 aliphatic heterocycles. The highest BCUT2D eigenvalue weighted by Gasteiger charge is 2.10. The fourth-order valence-electron chi connectivity index (χ4n) is 2.23. The van der Waals surface area contributed by atoms with Crippen molar-refractivity contribution in [1.29, 1.82) is 0 Å². The second-order valence-electron chi connectivity index (χ2n) is 5.31. The topological polar surface area (TPSA) is 90.1 Å². The van der Waals surface area contributed by atoms with Gasteiger partial charge in [0.2, 0.25) is 0 Å². The first-order valence-electron chi connectivity index (χ1n) is 7.34. The summed E-state index contributed by atoms with van der Waals surface area (Å²) in [5.74, 6) is -0.698. The molecular formula is C17H13FN4O3. The first-order valence-corrected chi connectivity index (χ1v) is 7.34. The molecule has 1 aromatic heterocycles. The highest BCUT2D eigenvalue weighted by Crippen LogP contribution is 2.14. The van der Waals surface area contributed by atoms with E-state index in [0.717, 1.165) is 5.56 Å². The SMILES string of the molecule is O=C(Nc1cnn(Cc2ccc(F)cc2)c1)c1ccc([N+](=O)[O-])cc1. The number of nitro groups is 1. The molecule has 0 fully saturated rings. The number of benzene rings is 2. The predicted molar refractivity (Wildman–Crippen MR) is 88.8 cm³/mol. The molecule has 0 aliphatic carbocycles. The summed E-state index contributed by atoms with van der Waals surface area (Å²) in [4.78, 5) is 22.2. The number of halogens is 1. The molecule has 0 spiro atoms. The monoisotopic (exact) mass is 340 g/mol. The average molecular weight is 340 g/mol. The second kappa shape index (κ2) is 6.91. The van der Waals surface area contributed by atoms with Gasteiger partial charge in [-0.05, 0) is 29.8 Å². The summed E-state index contributed by atoms with van der Waals surface area (Å²) < 4.78 is 14.5. The Morgan fingerprint density at radius 3 is 2.48 bits per heavy atom. The van der Waals surface area contributed by atoms with Crippen LogP contribution in [0, 0.1) is 15.9 Å². The Labute approximate surface area is 141 Å². The summed E-state index contributed by atoms with van der Waals surface area (Å²) in [6, 6.07) is 11.4. The van der Waals surface area contributed by atoms with E-state index in [-0.39, 0.29) is 11.5 Å². The van der Waals surface area contributed by atoms with Gasteiger partial charge in [-0.1, -0.05) is 12.1 Å². The molecule has 25 heavy (non-hydrogen) atoms. The van der Waals surface area contributed by atoms with Crippen LogP contribution in [-0.2, 0) is 6.54 Å². The molecule has 0 radical (unpaired) electrons. The number of hydrogen-bond acceptors (Lipinski definition) is 4. The molecule has 3 aromatic rings. The fourth-order valence-corrected chi connectivity index (χ4v) is 2.23. The number of hydrogen-bond donors (Lipinski definition) is 1. The van der Waals surface area contributed by atoms with Crippen LogP contribution in [0.2, 0.25) is 0 Å². The van der Waals surface area contributed by atoms with Crippen molar-refractivity contribution in [3.8, 4) is 0 Å². The summed E-state index contributed by atoms with van der Waals surface area (Å²) >= 11 is 0. The average Bonchev–Trinajstić information content (AvgIpc) is 3.04. The largest absolute Gasteiger partial charge is 0.319 e. The molecular weight excluding hydrogens is 327 g/mol. The maximum atomic E-state index is 12.9. The van der Waals surface area contributed by atoms with Crippen LogP contribution >= 0.6 is 0 Å². The molecule has 0 saturated carbocycles. The number of non-ortho nitro benzene ring substituents is 1. The zero-order chi connectivity index (χ0) is 17.8. The number of rotatable bonds is 5. The van der Waals surface area contributed by atoms with Crippen LogP contribution < -0.4 is 5.32 Å². The third-order valence-corrected chi connectivity index (χ3v) is 3.49. The number of nitrogens with zero attached hydrogens (tertiary/aromatic N) is 3. The van der Waals surface area contributed by atoms with Gasteiger partial charge in [-0.25, -0.2) is 4.39 Å². The van der Waals surface area contributed by atoms with Gasteiger partial charge >= 0.3 is 0 Å². The molecule has 0 unspecified atom stereocenters. The summed E-state index contributed by atoms with van der Waals surface area (Å²) in [5.41, 5.74) is 1.59. The molecule has 0 bridgehead atoms. The third kappa shape index (κ3) is 4.05. The van der Waals surface area contributed by atoms with Crippen molar-refractivity contribution in [1.82, 2.24) is 9.78 Å². The minimum atomic E-state index is -0.527. The van der Waals surface area contributed by atoms with Gasteiger partial charge in [0.05, 0.1) is 23.4 Å². The highest BCUT2D eigenvalue weighted by atomic mass is 19.1. The quantitative estimate of drug-likeness (QED) is 0.570. The van der Waals surface area contributed by atoms with Gasteiger partial charge < -0.3 is 5.32 Å². The predicted octanol–water partition coefficient (Wildman–Crippen LogP) is 3.23. The van der Waals surface area contributed by atoms with Crippen LogP contribution in [0.4, 0.5) is 15.8 Å². The van der Waals surface area contributed by atoms with E-state index in [1.807, 2.05) is 0 Å². The smallest absolute Gasteiger partial charge is 0.269 e. The van der Waals surface area contributed by atoms with Crippen molar-refractivity contribution in [3.05, 3.63) is 88.0 Å². The first kappa shape index (κ1) is 16.3. The Morgan fingerprint density at radius 1 is 1.16 bits per heavy atom. The number of nitro benzene ring substituents is 1. The molecule has 1 N–H and O–H groups in total. The number of carbonyl (C=O) groups excluding carboxylic acids is 1. The maximum absolute atomic E-state index is 12.9. The Bertz CT molecular complexity index is 904. The number of anilines is 1. The molecule has 0 atom stereocenters. The van der Waals surface area contributed by atoms with Crippen molar-refractivity contribution in [2.75, 3.05) is 5.32 Å². The summed E-state index contributed by atoms with van der Waals surface area (Å²) in [6.07, 6.45) is 3.14. The highest BCUT2D eigenvalue weighted by molar-refractivity contribution is 6.04. The van der Waals surface area contributed by atoms with E-state index >= 15 is 0 Å². The van der Waals surface area contributed by atoms with E-state index in [4.69, 9.17) is 0 Å². The van der Waals surface area contributed by atoms with Crippen LogP contribution in [0.15, 0.2) is 60.9 Å². The minimum absolute atomic E-state index is 0.0799. The van der Waals surface area contributed by atoms with Crippen LogP contribution in [0.5, 0.6) is 0 Å². The van der Waals surface area contributed by atoms with Gasteiger partial charge in [0.1, 0.15) is 5.82 Å². The van der Waals surface area contributed by atoms with Crippen LogP contribution in [0.25, 0.3) is 0 Å². The number of amides is 1. The molecule has 1 heterocycles. The van der Waals surface area contributed by atoms with E-state index in [1.165, 1.54) is 42.6 Å². The Kier molecular flexibility index (Phi) is 4.51. The minimum Gasteiger partial charge on any atom is -0.319 e. The zero-order valence-electron chi connectivity index (χ0n) is 12.9. The summed E-state index contributed by atoms with van der Waals surface area (Å²) in [7, 11) is 0. The number of carbonyl (C=O) groups is 1. The number of aromatic nitrogens is 2.